The van der Waals surface area contributed by atoms with E-state index in [1.54, 1.807) is 0 Å². The maximum atomic E-state index is 12.1. The van der Waals surface area contributed by atoms with E-state index in [1.807, 2.05) is 0 Å². The zero-order valence-corrected chi connectivity index (χ0v) is 11.1. The number of carboxylic acid groups (broad SMARTS) is 1. The van der Waals surface area contributed by atoms with Gasteiger partial charge in [0.05, 0.1) is 0 Å². The second kappa shape index (κ2) is 6.18. The molecule has 1 aliphatic rings. The highest BCUT2D eigenvalue weighted by molar-refractivity contribution is 5.85. The molecule has 0 heterocycles. The summed E-state index contributed by atoms with van der Waals surface area (Å²) in [5.74, 6) is -1.42. The highest BCUT2D eigenvalue weighted by atomic mass is 16.4. The molecule has 3 N–H and O–H groups in total. The van der Waals surface area contributed by atoms with Gasteiger partial charge in [0.1, 0.15) is 6.04 Å². The molecular weight excluding hydrogens is 234 g/mol. The minimum atomic E-state index is -1.09. The van der Waals surface area contributed by atoms with Crippen molar-refractivity contribution in [3.8, 4) is 0 Å². The topological polar surface area (TPSA) is 86.6 Å². The van der Waals surface area contributed by atoms with Gasteiger partial charge in [0.15, 0.2) is 0 Å². The van der Waals surface area contributed by atoms with Crippen LogP contribution in [0.5, 0.6) is 0 Å². The van der Waals surface area contributed by atoms with Crippen LogP contribution in [0.4, 0.5) is 0 Å². The van der Waals surface area contributed by atoms with E-state index >= 15 is 0 Å². The monoisotopic (exact) mass is 257 g/mol. The lowest BCUT2D eigenvalue weighted by Gasteiger charge is -2.37. The summed E-state index contributed by atoms with van der Waals surface area (Å²) < 4.78 is 0. The van der Waals surface area contributed by atoms with Gasteiger partial charge in [-0.2, -0.15) is 0 Å². The third kappa shape index (κ3) is 3.70. The first-order chi connectivity index (χ1) is 8.38. The summed E-state index contributed by atoms with van der Waals surface area (Å²) in [6, 6.07) is -0.986. The second-order valence-electron chi connectivity index (χ2n) is 5.70. The molecule has 2 atom stereocenters. The van der Waals surface area contributed by atoms with Gasteiger partial charge in [-0.3, -0.25) is 4.79 Å². The van der Waals surface area contributed by atoms with Crippen LogP contribution < -0.4 is 5.32 Å². The Hall–Kier alpha value is -1.10. The van der Waals surface area contributed by atoms with Crippen LogP contribution in [0.15, 0.2) is 0 Å². The molecule has 1 rings (SSSR count). The molecule has 0 radical (unpaired) electrons. The first kappa shape index (κ1) is 15.0. The standard InChI is InChI=1S/C13H23NO4/c1-13(2)7-4-3-5-9(13)11(16)14-10(6-8-15)12(17)18/h9-10,15H,3-8H2,1-2H3,(H,14,16)(H,17,18)/t9?,10-/m0/s1. The summed E-state index contributed by atoms with van der Waals surface area (Å²) in [5.41, 5.74) is -0.0788. The number of nitrogens with one attached hydrogen (secondary N) is 1. The van der Waals surface area contributed by atoms with E-state index in [1.165, 1.54) is 0 Å². The van der Waals surface area contributed by atoms with Crippen molar-refractivity contribution in [1.82, 2.24) is 5.32 Å². The Kier molecular flexibility index (Phi) is 5.14. The lowest BCUT2D eigenvalue weighted by atomic mass is 9.68. The Bertz CT molecular complexity index is 314. The van der Waals surface area contributed by atoms with Crippen LogP contribution in [0, 0.1) is 11.3 Å². The Morgan fingerprint density at radius 1 is 1.39 bits per heavy atom. The molecule has 0 saturated heterocycles. The number of carboxylic acids is 1. The lowest BCUT2D eigenvalue weighted by Crippen LogP contribution is -2.48. The van der Waals surface area contributed by atoms with Crippen molar-refractivity contribution in [2.75, 3.05) is 6.61 Å². The van der Waals surface area contributed by atoms with Crippen LogP contribution in [0.3, 0.4) is 0 Å². The minimum absolute atomic E-state index is 0.0498. The van der Waals surface area contributed by atoms with Gasteiger partial charge < -0.3 is 15.5 Å². The fourth-order valence-electron chi connectivity index (χ4n) is 2.64. The summed E-state index contributed by atoms with van der Waals surface area (Å²) >= 11 is 0. The maximum Gasteiger partial charge on any atom is 0.326 e. The molecule has 1 aliphatic carbocycles. The molecule has 5 nitrogen and oxygen atoms in total. The molecule has 1 fully saturated rings. The number of hydrogen-bond donors (Lipinski definition) is 3. The van der Waals surface area contributed by atoms with Crippen molar-refractivity contribution in [2.45, 2.75) is 52.0 Å². The van der Waals surface area contributed by atoms with Gasteiger partial charge in [-0.05, 0) is 18.3 Å². The molecule has 1 unspecified atom stereocenters. The number of aliphatic hydroxyl groups is 1. The van der Waals surface area contributed by atoms with Crippen LogP contribution in [-0.4, -0.2) is 34.7 Å². The highest BCUT2D eigenvalue weighted by Gasteiger charge is 2.38. The van der Waals surface area contributed by atoms with Gasteiger partial charge >= 0.3 is 5.97 Å². The third-order valence-corrected chi connectivity index (χ3v) is 3.86. The van der Waals surface area contributed by atoms with Crippen LogP contribution in [0.1, 0.15) is 46.0 Å². The van der Waals surface area contributed by atoms with Crippen molar-refractivity contribution in [2.24, 2.45) is 11.3 Å². The van der Waals surface area contributed by atoms with Crippen molar-refractivity contribution in [3.05, 3.63) is 0 Å². The van der Waals surface area contributed by atoms with Gasteiger partial charge in [-0.25, -0.2) is 4.79 Å². The molecule has 18 heavy (non-hydrogen) atoms. The smallest absolute Gasteiger partial charge is 0.326 e. The van der Waals surface area contributed by atoms with E-state index in [-0.39, 0.29) is 30.3 Å². The average Bonchev–Trinajstić information content (AvgIpc) is 2.27. The van der Waals surface area contributed by atoms with Crippen molar-refractivity contribution >= 4 is 11.9 Å². The number of hydrogen-bond acceptors (Lipinski definition) is 3. The molecule has 0 aromatic heterocycles. The number of carbonyl (C=O) groups excluding carboxylic acids is 1. The number of amides is 1. The van der Waals surface area contributed by atoms with E-state index in [2.05, 4.69) is 19.2 Å². The molecule has 104 valence electrons. The van der Waals surface area contributed by atoms with E-state index in [0.29, 0.717) is 0 Å². The third-order valence-electron chi connectivity index (χ3n) is 3.86. The summed E-state index contributed by atoms with van der Waals surface area (Å²) in [5, 5.41) is 20.3. The Labute approximate surface area is 108 Å². The predicted molar refractivity (Wildman–Crippen MR) is 67.0 cm³/mol. The van der Waals surface area contributed by atoms with Crippen LogP contribution in [-0.2, 0) is 9.59 Å². The zero-order chi connectivity index (χ0) is 13.8. The zero-order valence-electron chi connectivity index (χ0n) is 11.1. The maximum absolute atomic E-state index is 12.1. The highest BCUT2D eigenvalue weighted by Crippen LogP contribution is 2.40. The lowest BCUT2D eigenvalue weighted by molar-refractivity contribution is -0.144. The van der Waals surface area contributed by atoms with Gasteiger partial charge in [0.2, 0.25) is 5.91 Å². The molecule has 1 amide bonds. The molecule has 1 saturated carbocycles. The number of aliphatic hydroxyl groups excluding tert-OH is 1. The Morgan fingerprint density at radius 2 is 2.06 bits per heavy atom. The number of rotatable bonds is 5. The first-order valence-corrected chi connectivity index (χ1v) is 6.52. The van der Waals surface area contributed by atoms with E-state index in [9.17, 15) is 9.59 Å². The quantitative estimate of drug-likeness (QED) is 0.689. The molecule has 5 heteroatoms. The van der Waals surface area contributed by atoms with Gasteiger partial charge in [-0.15, -0.1) is 0 Å². The first-order valence-electron chi connectivity index (χ1n) is 6.52. The van der Waals surface area contributed by atoms with Crippen molar-refractivity contribution in [3.63, 3.8) is 0 Å². The van der Waals surface area contributed by atoms with Crippen LogP contribution in [0.25, 0.3) is 0 Å². The molecule has 0 aromatic rings. The summed E-state index contributed by atoms with van der Waals surface area (Å²) in [7, 11) is 0. The van der Waals surface area contributed by atoms with Gasteiger partial charge in [0.25, 0.3) is 0 Å². The second-order valence-corrected chi connectivity index (χ2v) is 5.70. The predicted octanol–water partition coefficient (Wildman–Crippen LogP) is 1.15. The van der Waals surface area contributed by atoms with E-state index in [0.717, 1.165) is 25.7 Å². The van der Waals surface area contributed by atoms with Crippen molar-refractivity contribution in [1.29, 1.82) is 0 Å². The largest absolute Gasteiger partial charge is 0.480 e. The molecule has 0 aliphatic heterocycles. The summed E-state index contributed by atoms with van der Waals surface area (Å²) in [6.07, 6.45) is 3.98. The normalized spacial score (nSPS) is 24.3. The van der Waals surface area contributed by atoms with Gasteiger partial charge in [0, 0.05) is 18.9 Å². The molecule has 0 aromatic carbocycles. The fraction of sp³-hybridized carbons (Fsp3) is 0.846. The summed E-state index contributed by atoms with van der Waals surface area (Å²) in [4.78, 5) is 23.1. The summed E-state index contributed by atoms with van der Waals surface area (Å²) in [6.45, 7) is 3.86. The van der Waals surface area contributed by atoms with Crippen molar-refractivity contribution < 1.29 is 19.8 Å². The van der Waals surface area contributed by atoms with Gasteiger partial charge in [-0.1, -0.05) is 26.7 Å². The van der Waals surface area contributed by atoms with Crippen LogP contribution in [0.2, 0.25) is 0 Å². The number of carbonyl (C=O) groups is 2. The number of aliphatic carboxylic acids is 1. The van der Waals surface area contributed by atoms with E-state index < -0.39 is 12.0 Å². The fourth-order valence-corrected chi connectivity index (χ4v) is 2.64. The molecular formula is C13H23NO4. The van der Waals surface area contributed by atoms with E-state index in [4.69, 9.17) is 10.2 Å². The Morgan fingerprint density at radius 3 is 2.56 bits per heavy atom. The Balaban J connectivity index is 2.65. The SMILES string of the molecule is CC1(C)CCCCC1C(=O)N[C@@H](CCO)C(=O)O. The van der Waals surface area contributed by atoms with Crippen LogP contribution >= 0.6 is 0 Å². The molecule has 0 spiro atoms. The molecule has 0 bridgehead atoms. The average molecular weight is 257 g/mol. The minimum Gasteiger partial charge on any atom is -0.480 e.